The lowest BCUT2D eigenvalue weighted by Gasteiger charge is -2.16. The van der Waals surface area contributed by atoms with Gasteiger partial charge in [0.25, 0.3) is 0 Å². The van der Waals surface area contributed by atoms with Crippen LogP contribution in [0.15, 0.2) is 54.2 Å². The predicted octanol–water partition coefficient (Wildman–Crippen LogP) is 4.43. The first-order valence-electron chi connectivity index (χ1n) is 7.37. The molecule has 0 aromatic heterocycles. The molecule has 0 saturated carbocycles. The van der Waals surface area contributed by atoms with Crippen molar-refractivity contribution in [1.82, 2.24) is 0 Å². The number of hydrogen-bond acceptors (Lipinski definition) is 3. The average Bonchev–Trinajstić information content (AvgIpc) is 2.91. The quantitative estimate of drug-likeness (QED) is 0.851. The van der Waals surface area contributed by atoms with E-state index in [2.05, 4.69) is 5.32 Å². The van der Waals surface area contributed by atoms with Gasteiger partial charge in [-0.15, -0.1) is 0 Å². The third-order valence-corrected chi connectivity index (χ3v) is 4.19. The van der Waals surface area contributed by atoms with E-state index in [9.17, 15) is 4.79 Å². The lowest BCUT2D eigenvalue weighted by atomic mass is 9.95. The number of allylic oxidation sites excluding steroid dienone is 2. The molecule has 1 aliphatic heterocycles. The lowest BCUT2D eigenvalue weighted by Crippen LogP contribution is -2.06. The third-order valence-electron chi connectivity index (χ3n) is 4.19. The smallest absolute Gasteiger partial charge is 0.211 e. The third kappa shape index (κ3) is 2.34. The molecule has 3 nitrogen and oxygen atoms in total. The zero-order valence-electron chi connectivity index (χ0n) is 13.0. The Kier molecular flexibility index (Phi) is 3.82. The highest BCUT2D eigenvalue weighted by Crippen LogP contribution is 2.34. The van der Waals surface area contributed by atoms with E-state index in [4.69, 9.17) is 4.74 Å². The van der Waals surface area contributed by atoms with E-state index in [-0.39, 0.29) is 11.9 Å². The van der Waals surface area contributed by atoms with Crippen LogP contribution < -0.4 is 5.32 Å². The van der Waals surface area contributed by atoms with Gasteiger partial charge in [0.05, 0.1) is 11.8 Å². The van der Waals surface area contributed by atoms with Crippen LogP contribution in [-0.2, 0) is 4.74 Å². The number of rotatable bonds is 3. The standard InChI is InChI=1S/C19H19NO2/c1-12(14-8-4-5-9-15(14)13(2)22-3)18-19(21)16-10-6-7-11-17(16)20-18/h4-11,13,20H,1-3H3/b18-12+/t13-/m0/s1. The molecular formula is C19H19NO2. The van der Waals surface area contributed by atoms with E-state index in [1.165, 1.54) is 0 Å². The van der Waals surface area contributed by atoms with Gasteiger partial charge in [-0.3, -0.25) is 4.79 Å². The minimum Gasteiger partial charge on any atom is -0.377 e. The number of hydrogen-bond donors (Lipinski definition) is 1. The second-order valence-corrected chi connectivity index (χ2v) is 5.46. The van der Waals surface area contributed by atoms with E-state index < -0.39 is 0 Å². The fraction of sp³-hybridized carbons (Fsp3) is 0.211. The maximum absolute atomic E-state index is 12.6. The number of ketones is 1. The van der Waals surface area contributed by atoms with Crippen LogP contribution in [0.3, 0.4) is 0 Å². The summed E-state index contributed by atoms with van der Waals surface area (Å²) < 4.78 is 5.45. The summed E-state index contributed by atoms with van der Waals surface area (Å²) in [7, 11) is 1.69. The molecule has 0 unspecified atom stereocenters. The summed E-state index contributed by atoms with van der Waals surface area (Å²) in [6.45, 7) is 3.99. The Morgan fingerprint density at radius 3 is 2.50 bits per heavy atom. The lowest BCUT2D eigenvalue weighted by molar-refractivity contribution is 0.104. The largest absolute Gasteiger partial charge is 0.377 e. The van der Waals surface area contributed by atoms with Crippen LogP contribution in [0.25, 0.3) is 5.57 Å². The maximum Gasteiger partial charge on any atom is 0.211 e. The Balaban J connectivity index is 2.09. The molecule has 0 bridgehead atoms. The number of anilines is 1. The number of fused-ring (bicyclic) bond motifs is 1. The summed E-state index contributed by atoms with van der Waals surface area (Å²) in [5.41, 5.74) is 5.33. The molecule has 2 aromatic rings. The topological polar surface area (TPSA) is 38.3 Å². The second kappa shape index (κ2) is 5.78. The summed E-state index contributed by atoms with van der Waals surface area (Å²) in [4.78, 5) is 12.6. The Labute approximate surface area is 130 Å². The van der Waals surface area contributed by atoms with Gasteiger partial charge in [0.15, 0.2) is 0 Å². The van der Waals surface area contributed by atoms with Crippen molar-refractivity contribution in [2.45, 2.75) is 20.0 Å². The number of carbonyl (C=O) groups excluding carboxylic acids is 1. The molecule has 1 aliphatic rings. The minimum absolute atomic E-state index is 0.0226. The average molecular weight is 293 g/mol. The van der Waals surface area contributed by atoms with Crippen molar-refractivity contribution >= 4 is 17.0 Å². The number of nitrogens with one attached hydrogen (secondary N) is 1. The van der Waals surface area contributed by atoms with Gasteiger partial charge in [-0.05, 0) is 42.7 Å². The van der Waals surface area contributed by atoms with Gasteiger partial charge in [0.1, 0.15) is 0 Å². The van der Waals surface area contributed by atoms with Crippen LogP contribution >= 0.6 is 0 Å². The molecule has 0 spiro atoms. The zero-order valence-corrected chi connectivity index (χ0v) is 13.0. The van der Waals surface area contributed by atoms with Gasteiger partial charge in [0, 0.05) is 18.4 Å². The molecule has 1 heterocycles. The number of Topliss-reactive ketones (excluding diaryl/α,β-unsaturated/α-hetero) is 1. The van der Waals surface area contributed by atoms with Crippen molar-refractivity contribution in [2.24, 2.45) is 0 Å². The molecule has 2 aromatic carbocycles. The van der Waals surface area contributed by atoms with Crippen molar-refractivity contribution < 1.29 is 9.53 Å². The summed E-state index contributed by atoms with van der Waals surface area (Å²) in [5, 5.41) is 3.26. The van der Waals surface area contributed by atoms with Gasteiger partial charge < -0.3 is 10.1 Å². The molecule has 0 aliphatic carbocycles. The van der Waals surface area contributed by atoms with Crippen molar-refractivity contribution in [3.8, 4) is 0 Å². The molecule has 0 fully saturated rings. The Morgan fingerprint density at radius 2 is 1.77 bits per heavy atom. The fourth-order valence-electron chi connectivity index (χ4n) is 2.83. The number of methoxy groups -OCH3 is 1. The van der Waals surface area contributed by atoms with E-state index >= 15 is 0 Å². The summed E-state index contributed by atoms with van der Waals surface area (Å²) in [5.74, 6) is 0.0490. The van der Waals surface area contributed by atoms with Crippen molar-refractivity contribution in [2.75, 3.05) is 12.4 Å². The van der Waals surface area contributed by atoms with Gasteiger partial charge in [-0.25, -0.2) is 0 Å². The fourth-order valence-corrected chi connectivity index (χ4v) is 2.83. The van der Waals surface area contributed by atoms with Crippen LogP contribution in [0.1, 0.15) is 41.4 Å². The van der Waals surface area contributed by atoms with Gasteiger partial charge >= 0.3 is 0 Å². The summed E-state index contributed by atoms with van der Waals surface area (Å²) >= 11 is 0. The highest BCUT2D eigenvalue weighted by molar-refractivity contribution is 6.21. The molecule has 1 N–H and O–H groups in total. The van der Waals surface area contributed by atoms with Crippen molar-refractivity contribution in [1.29, 1.82) is 0 Å². The number of ether oxygens (including phenoxy) is 1. The van der Waals surface area contributed by atoms with Crippen LogP contribution in [0, 0.1) is 0 Å². The zero-order chi connectivity index (χ0) is 15.7. The first-order valence-corrected chi connectivity index (χ1v) is 7.37. The summed E-state index contributed by atoms with van der Waals surface area (Å²) in [6.07, 6.45) is -0.0226. The Hall–Kier alpha value is -2.39. The van der Waals surface area contributed by atoms with Gasteiger partial charge in [-0.1, -0.05) is 36.4 Å². The van der Waals surface area contributed by atoms with E-state index in [1.54, 1.807) is 7.11 Å². The molecule has 1 atom stereocenters. The molecule has 3 rings (SSSR count). The van der Waals surface area contributed by atoms with E-state index in [1.807, 2.05) is 62.4 Å². The maximum atomic E-state index is 12.6. The Morgan fingerprint density at radius 1 is 1.09 bits per heavy atom. The number of para-hydroxylation sites is 1. The molecule has 0 radical (unpaired) electrons. The molecule has 0 amide bonds. The molecule has 3 heteroatoms. The monoisotopic (exact) mass is 293 g/mol. The van der Waals surface area contributed by atoms with Crippen molar-refractivity contribution in [3.63, 3.8) is 0 Å². The van der Waals surface area contributed by atoms with Crippen LogP contribution in [0.5, 0.6) is 0 Å². The first-order chi connectivity index (χ1) is 10.6. The van der Waals surface area contributed by atoms with Crippen LogP contribution in [-0.4, -0.2) is 12.9 Å². The molecule has 0 saturated heterocycles. The van der Waals surface area contributed by atoms with E-state index in [0.717, 1.165) is 28.0 Å². The summed E-state index contributed by atoms with van der Waals surface area (Å²) in [6, 6.07) is 15.6. The van der Waals surface area contributed by atoms with Crippen LogP contribution in [0.2, 0.25) is 0 Å². The number of carbonyl (C=O) groups is 1. The highest BCUT2D eigenvalue weighted by Gasteiger charge is 2.27. The van der Waals surface area contributed by atoms with E-state index in [0.29, 0.717) is 5.70 Å². The molecule has 112 valence electrons. The highest BCUT2D eigenvalue weighted by atomic mass is 16.5. The van der Waals surface area contributed by atoms with Gasteiger partial charge in [-0.2, -0.15) is 0 Å². The Bertz CT molecular complexity index is 762. The SMILES string of the molecule is CO[C@@H](C)c1ccccc1/C(C)=C1/Nc2ccccc2C1=O. The van der Waals surface area contributed by atoms with Crippen molar-refractivity contribution in [3.05, 3.63) is 70.9 Å². The predicted molar refractivity (Wildman–Crippen MR) is 88.9 cm³/mol. The second-order valence-electron chi connectivity index (χ2n) is 5.46. The number of benzene rings is 2. The molecular weight excluding hydrogens is 274 g/mol. The van der Waals surface area contributed by atoms with Gasteiger partial charge in [0.2, 0.25) is 5.78 Å². The minimum atomic E-state index is -0.0226. The first kappa shape index (κ1) is 14.5. The van der Waals surface area contributed by atoms with Crippen LogP contribution in [0.4, 0.5) is 5.69 Å². The molecule has 22 heavy (non-hydrogen) atoms. The normalized spacial score (nSPS) is 17.0.